The van der Waals surface area contributed by atoms with E-state index in [1.807, 2.05) is 18.2 Å². The lowest BCUT2D eigenvalue weighted by Gasteiger charge is -2.21. The van der Waals surface area contributed by atoms with Crippen LogP contribution in [0.4, 0.5) is 5.95 Å². The van der Waals surface area contributed by atoms with E-state index in [0.29, 0.717) is 17.3 Å². The van der Waals surface area contributed by atoms with Crippen molar-refractivity contribution in [3.8, 4) is 5.75 Å². The Bertz CT molecular complexity index is 611. The van der Waals surface area contributed by atoms with Gasteiger partial charge in [0.15, 0.2) is 0 Å². The Morgan fingerprint density at radius 3 is 2.74 bits per heavy atom. The lowest BCUT2D eigenvalue weighted by atomic mass is 9.92. The molecule has 1 heterocycles. The fourth-order valence-electron chi connectivity index (χ4n) is 2.81. The monoisotopic (exact) mass is 259 g/mol. The molecule has 19 heavy (non-hydrogen) atoms. The maximum Gasteiger partial charge on any atom is 0.201 e. The first-order chi connectivity index (χ1) is 9.05. The van der Waals surface area contributed by atoms with Crippen molar-refractivity contribution >= 4 is 17.0 Å². The Labute approximate surface area is 113 Å². The van der Waals surface area contributed by atoms with Crippen LogP contribution in [0.5, 0.6) is 5.75 Å². The summed E-state index contributed by atoms with van der Waals surface area (Å²) >= 11 is 0. The van der Waals surface area contributed by atoms with Crippen LogP contribution in [0.15, 0.2) is 18.2 Å². The number of benzene rings is 1. The summed E-state index contributed by atoms with van der Waals surface area (Å²) < 4.78 is 7.39. The minimum atomic E-state index is 0.418. The molecular weight excluding hydrogens is 238 g/mol. The third-order valence-corrected chi connectivity index (χ3v) is 4.57. The number of imidazole rings is 1. The normalized spacial score (nSPS) is 17.1. The zero-order valence-corrected chi connectivity index (χ0v) is 11.8. The van der Waals surface area contributed by atoms with Crippen LogP contribution < -0.4 is 10.5 Å². The predicted octanol–water partition coefficient (Wildman–Crippen LogP) is 3.06. The quantitative estimate of drug-likeness (QED) is 0.918. The van der Waals surface area contributed by atoms with Crippen LogP contribution in [-0.4, -0.2) is 16.7 Å². The first-order valence-corrected chi connectivity index (χ1v) is 6.85. The summed E-state index contributed by atoms with van der Waals surface area (Å²) in [5, 5.41) is 0. The Hall–Kier alpha value is -1.71. The second-order valence-corrected chi connectivity index (χ2v) is 5.93. The number of nitrogens with two attached hydrogens (primary N) is 1. The number of aromatic nitrogens is 2. The smallest absolute Gasteiger partial charge is 0.201 e. The summed E-state index contributed by atoms with van der Waals surface area (Å²) in [6.45, 7) is 5.57. The molecule has 1 saturated carbocycles. The largest absolute Gasteiger partial charge is 0.497 e. The molecule has 102 valence electrons. The van der Waals surface area contributed by atoms with Crippen LogP contribution >= 0.6 is 0 Å². The first kappa shape index (κ1) is 12.3. The molecule has 0 radical (unpaired) electrons. The highest BCUT2D eigenvalue weighted by Gasteiger charge is 2.45. The van der Waals surface area contributed by atoms with Gasteiger partial charge in [0.1, 0.15) is 5.75 Å². The number of ether oxygens (including phenoxy) is 1. The van der Waals surface area contributed by atoms with Gasteiger partial charge in [0.05, 0.1) is 18.1 Å². The van der Waals surface area contributed by atoms with Crippen molar-refractivity contribution in [1.29, 1.82) is 0 Å². The van der Waals surface area contributed by atoms with Crippen molar-refractivity contribution in [3.05, 3.63) is 18.2 Å². The van der Waals surface area contributed by atoms with Gasteiger partial charge in [0.2, 0.25) is 5.95 Å². The molecule has 0 aliphatic heterocycles. The molecule has 0 atom stereocenters. The van der Waals surface area contributed by atoms with E-state index in [2.05, 4.69) is 23.4 Å². The number of nitrogens with zero attached hydrogens (tertiary/aromatic N) is 2. The Morgan fingerprint density at radius 2 is 2.16 bits per heavy atom. The average Bonchev–Trinajstić information content (AvgIpc) is 3.11. The van der Waals surface area contributed by atoms with Crippen molar-refractivity contribution in [2.75, 3.05) is 12.8 Å². The van der Waals surface area contributed by atoms with E-state index in [1.165, 1.54) is 12.8 Å². The molecule has 1 aromatic carbocycles. The van der Waals surface area contributed by atoms with Crippen LogP contribution in [0.25, 0.3) is 11.0 Å². The topological polar surface area (TPSA) is 53.1 Å². The average molecular weight is 259 g/mol. The fraction of sp³-hybridized carbons (Fsp3) is 0.533. The van der Waals surface area contributed by atoms with Crippen molar-refractivity contribution < 1.29 is 4.74 Å². The van der Waals surface area contributed by atoms with Gasteiger partial charge < -0.3 is 15.0 Å². The summed E-state index contributed by atoms with van der Waals surface area (Å²) in [5.41, 5.74) is 8.52. The number of nitrogen functional groups attached to an aromatic ring is 1. The number of hydrogen-bond donors (Lipinski definition) is 1. The fourth-order valence-corrected chi connectivity index (χ4v) is 2.81. The minimum Gasteiger partial charge on any atom is -0.497 e. The van der Waals surface area contributed by atoms with Gasteiger partial charge in [-0.1, -0.05) is 13.8 Å². The number of anilines is 1. The highest BCUT2D eigenvalue weighted by molar-refractivity contribution is 5.79. The van der Waals surface area contributed by atoms with Crippen LogP contribution in [0.1, 0.15) is 26.7 Å². The highest BCUT2D eigenvalue weighted by Crippen LogP contribution is 2.53. The summed E-state index contributed by atoms with van der Waals surface area (Å²) in [6.07, 6.45) is 2.58. The Morgan fingerprint density at radius 1 is 1.42 bits per heavy atom. The van der Waals surface area contributed by atoms with Gasteiger partial charge in [-0.3, -0.25) is 0 Å². The van der Waals surface area contributed by atoms with E-state index >= 15 is 0 Å². The maximum atomic E-state index is 6.09. The predicted molar refractivity (Wildman–Crippen MR) is 77.2 cm³/mol. The van der Waals surface area contributed by atoms with Gasteiger partial charge in [-0.05, 0) is 36.3 Å². The zero-order valence-electron chi connectivity index (χ0n) is 11.8. The third kappa shape index (κ3) is 1.95. The van der Waals surface area contributed by atoms with Gasteiger partial charge in [0, 0.05) is 12.6 Å². The summed E-state index contributed by atoms with van der Waals surface area (Å²) in [5.74, 6) is 2.11. The molecular formula is C15H21N3O. The van der Waals surface area contributed by atoms with Crippen LogP contribution in [0, 0.1) is 11.3 Å². The van der Waals surface area contributed by atoms with E-state index in [9.17, 15) is 0 Å². The molecule has 0 spiro atoms. The zero-order chi connectivity index (χ0) is 13.6. The minimum absolute atomic E-state index is 0.418. The van der Waals surface area contributed by atoms with Gasteiger partial charge >= 0.3 is 0 Å². The van der Waals surface area contributed by atoms with Crippen LogP contribution in [0.3, 0.4) is 0 Å². The summed E-state index contributed by atoms with van der Waals surface area (Å²) in [6, 6.07) is 5.96. The Kier molecular flexibility index (Phi) is 2.69. The molecule has 4 heteroatoms. The molecule has 1 fully saturated rings. The number of hydrogen-bond acceptors (Lipinski definition) is 3. The first-order valence-electron chi connectivity index (χ1n) is 6.85. The van der Waals surface area contributed by atoms with Gasteiger partial charge in [-0.25, -0.2) is 4.98 Å². The summed E-state index contributed by atoms with van der Waals surface area (Å²) in [4.78, 5) is 4.45. The van der Waals surface area contributed by atoms with Crippen molar-refractivity contribution in [2.24, 2.45) is 11.3 Å². The van der Waals surface area contributed by atoms with Gasteiger partial charge in [-0.15, -0.1) is 0 Å². The lowest BCUT2D eigenvalue weighted by molar-refractivity contribution is 0.314. The number of rotatable bonds is 4. The maximum absolute atomic E-state index is 6.09. The van der Waals surface area contributed by atoms with Crippen molar-refractivity contribution in [1.82, 2.24) is 9.55 Å². The Balaban J connectivity index is 2.02. The molecule has 0 unspecified atom stereocenters. The molecule has 3 rings (SSSR count). The van der Waals surface area contributed by atoms with E-state index in [4.69, 9.17) is 10.5 Å². The second kappa shape index (κ2) is 4.15. The van der Waals surface area contributed by atoms with Crippen LogP contribution in [-0.2, 0) is 6.54 Å². The molecule has 4 nitrogen and oxygen atoms in total. The van der Waals surface area contributed by atoms with E-state index < -0.39 is 0 Å². The molecule has 0 bridgehead atoms. The van der Waals surface area contributed by atoms with Crippen molar-refractivity contribution in [2.45, 2.75) is 33.2 Å². The highest BCUT2D eigenvalue weighted by atomic mass is 16.5. The third-order valence-electron chi connectivity index (χ3n) is 4.57. The number of fused-ring (bicyclic) bond motifs is 1. The molecule has 1 aliphatic rings. The van der Waals surface area contributed by atoms with E-state index in [-0.39, 0.29) is 0 Å². The lowest BCUT2D eigenvalue weighted by Crippen LogP contribution is -2.18. The van der Waals surface area contributed by atoms with Crippen molar-refractivity contribution in [3.63, 3.8) is 0 Å². The SMILES string of the molecule is COc1ccc2c(c1)nc(N)n2CC1(C(C)C)CC1. The molecule has 2 N–H and O–H groups in total. The van der Waals surface area contributed by atoms with Gasteiger partial charge in [0.25, 0.3) is 0 Å². The van der Waals surface area contributed by atoms with E-state index in [0.717, 1.165) is 23.3 Å². The van der Waals surface area contributed by atoms with Gasteiger partial charge in [-0.2, -0.15) is 0 Å². The molecule has 0 amide bonds. The second-order valence-electron chi connectivity index (χ2n) is 5.93. The number of methoxy groups -OCH3 is 1. The van der Waals surface area contributed by atoms with Crippen LogP contribution in [0.2, 0.25) is 0 Å². The molecule has 1 aliphatic carbocycles. The molecule has 1 aromatic heterocycles. The standard InChI is InChI=1S/C15H21N3O/c1-10(2)15(6-7-15)9-18-13-5-4-11(19-3)8-12(13)17-14(18)16/h4-5,8,10H,6-7,9H2,1-3H3,(H2,16,17). The summed E-state index contributed by atoms with van der Waals surface area (Å²) in [7, 11) is 1.67. The van der Waals surface area contributed by atoms with E-state index in [1.54, 1.807) is 7.11 Å². The molecule has 0 saturated heterocycles. The molecule has 2 aromatic rings.